The van der Waals surface area contributed by atoms with Crippen LogP contribution in [0.1, 0.15) is 12.8 Å². The quantitative estimate of drug-likeness (QED) is 0.892. The van der Waals surface area contributed by atoms with Crippen molar-refractivity contribution in [3.05, 3.63) is 48.4 Å². The SMILES string of the molecule is O=C(NCC1CCN(c2cnccn2)CC1)Nc1c(F)cccc1F. The molecule has 25 heavy (non-hydrogen) atoms. The van der Waals surface area contributed by atoms with Crippen molar-refractivity contribution in [3.8, 4) is 0 Å². The molecule has 0 saturated carbocycles. The molecule has 0 bridgehead atoms. The number of halogens is 2. The molecule has 1 aromatic heterocycles. The topological polar surface area (TPSA) is 70.2 Å². The molecule has 8 heteroatoms. The maximum absolute atomic E-state index is 13.5. The molecule has 1 aliphatic heterocycles. The second kappa shape index (κ2) is 7.87. The molecule has 0 radical (unpaired) electrons. The fraction of sp³-hybridized carbons (Fsp3) is 0.353. The van der Waals surface area contributed by atoms with E-state index in [1.807, 2.05) is 0 Å². The summed E-state index contributed by atoms with van der Waals surface area (Å²) in [6.45, 7) is 2.11. The molecule has 2 N–H and O–H groups in total. The standard InChI is InChI=1S/C17H19F2N5O/c18-13-2-1-3-14(19)16(13)23-17(25)22-10-12-4-8-24(9-5-12)15-11-20-6-7-21-15/h1-3,6-7,11-12H,4-5,8-10H2,(H2,22,23,25). The number of hydrogen-bond acceptors (Lipinski definition) is 4. The summed E-state index contributed by atoms with van der Waals surface area (Å²) in [5, 5.41) is 4.90. The molecule has 0 aliphatic carbocycles. The van der Waals surface area contributed by atoms with Crippen molar-refractivity contribution in [3.63, 3.8) is 0 Å². The van der Waals surface area contributed by atoms with Crippen LogP contribution in [0.15, 0.2) is 36.8 Å². The second-order valence-electron chi connectivity index (χ2n) is 5.93. The number of benzene rings is 1. The molecule has 1 fully saturated rings. The molecule has 0 atom stereocenters. The summed E-state index contributed by atoms with van der Waals surface area (Å²) < 4.78 is 27.0. The van der Waals surface area contributed by atoms with Gasteiger partial charge in [0.2, 0.25) is 0 Å². The van der Waals surface area contributed by atoms with Gasteiger partial charge in [-0.15, -0.1) is 0 Å². The first-order valence-electron chi connectivity index (χ1n) is 8.13. The third-order valence-corrected chi connectivity index (χ3v) is 4.24. The first-order chi connectivity index (χ1) is 12.1. The second-order valence-corrected chi connectivity index (χ2v) is 5.93. The molecule has 2 heterocycles. The van der Waals surface area contributed by atoms with E-state index in [0.717, 1.165) is 43.9 Å². The highest BCUT2D eigenvalue weighted by Crippen LogP contribution is 2.21. The lowest BCUT2D eigenvalue weighted by molar-refractivity contribution is 0.248. The molecular weight excluding hydrogens is 328 g/mol. The van der Waals surface area contributed by atoms with Crippen molar-refractivity contribution in [2.75, 3.05) is 29.9 Å². The molecule has 6 nitrogen and oxygen atoms in total. The molecule has 1 aromatic carbocycles. The first-order valence-corrected chi connectivity index (χ1v) is 8.13. The molecule has 2 amide bonds. The zero-order valence-corrected chi connectivity index (χ0v) is 13.6. The predicted octanol–water partition coefficient (Wildman–Crippen LogP) is 2.79. The minimum atomic E-state index is -0.799. The Morgan fingerprint density at radius 1 is 1.20 bits per heavy atom. The first kappa shape index (κ1) is 17.1. The van der Waals surface area contributed by atoms with Crippen molar-refractivity contribution >= 4 is 17.5 Å². The smallest absolute Gasteiger partial charge is 0.319 e. The van der Waals surface area contributed by atoms with E-state index in [1.54, 1.807) is 18.6 Å². The van der Waals surface area contributed by atoms with Crippen molar-refractivity contribution in [2.24, 2.45) is 5.92 Å². The Hall–Kier alpha value is -2.77. The molecule has 0 unspecified atom stereocenters. The van der Waals surface area contributed by atoms with Gasteiger partial charge in [-0.05, 0) is 30.9 Å². The van der Waals surface area contributed by atoms with Gasteiger partial charge in [-0.1, -0.05) is 6.07 Å². The third kappa shape index (κ3) is 4.40. The molecule has 2 aromatic rings. The molecule has 3 rings (SSSR count). The Morgan fingerprint density at radius 3 is 2.56 bits per heavy atom. The van der Waals surface area contributed by atoms with Gasteiger partial charge in [0.15, 0.2) is 0 Å². The van der Waals surface area contributed by atoms with E-state index in [9.17, 15) is 13.6 Å². The van der Waals surface area contributed by atoms with Crippen molar-refractivity contribution in [1.29, 1.82) is 0 Å². The lowest BCUT2D eigenvalue weighted by Crippen LogP contribution is -2.40. The van der Waals surface area contributed by atoms with E-state index >= 15 is 0 Å². The summed E-state index contributed by atoms with van der Waals surface area (Å²) in [5.41, 5.74) is -0.433. The van der Waals surface area contributed by atoms with E-state index in [0.29, 0.717) is 12.5 Å². The lowest BCUT2D eigenvalue weighted by atomic mass is 9.97. The Morgan fingerprint density at radius 2 is 1.92 bits per heavy atom. The highest BCUT2D eigenvalue weighted by atomic mass is 19.1. The minimum Gasteiger partial charge on any atom is -0.355 e. The molecular formula is C17H19F2N5O. The number of nitrogens with zero attached hydrogens (tertiary/aromatic N) is 3. The summed E-state index contributed by atoms with van der Waals surface area (Å²) in [4.78, 5) is 22.4. The van der Waals surface area contributed by atoms with Gasteiger partial charge in [-0.25, -0.2) is 18.6 Å². The zero-order chi connectivity index (χ0) is 17.6. The number of urea groups is 1. The number of aromatic nitrogens is 2. The van der Waals surface area contributed by atoms with E-state index in [1.165, 1.54) is 6.07 Å². The van der Waals surface area contributed by atoms with Gasteiger partial charge in [0.25, 0.3) is 0 Å². The van der Waals surface area contributed by atoms with Crippen molar-refractivity contribution in [2.45, 2.75) is 12.8 Å². The average molecular weight is 347 g/mol. The van der Waals surface area contributed by atoms with Gasteiger partial charge in [-0.2, -0.15) is 0 Å². The summed E-state index contributed by atoms with van der Waals surface area (Å²) in [6.07, 6.45) is 6.82. The van der Waals surface area contributed by atoms with Crippen LogP contribution >= 0.6 is 0 Å². The number of amides is 2. The number of nitrogens with one attached hydrogen (secondary N) is 2. The van der Waals surface area contributed by atoms with Crippen LogP contribution in [-0.4, -0.2) is 35.6 Å². The highest BCUT2D eigenvalue weighted by molar-refractivity contribution is 5.89. The Balaban J connectivity index is 1.45. The fourth-order valence-corrected chi connectivity index (χ4v) is 2.83. The molecule has 1 aliphatic rings. The van der Waals surface area contributed by atoms with Crippen molar-refractivity contribution in [1.82, 2.24) is 15.3 Å². The highest BCUT2D eigenvalue weighted by Gasteiger charge is 2.21. The number of carbonyl (C=O) groups excluding carboxylic acids is 1. The molecule has 132 valence electrons. The summed E-state index contributed by atoms with van der Waals surface area (Å²) in [6, 6.07) is 2.83. The van der Waals surface area contributed by atoms with Gasteiger partial charge in [0.05, 0.1) is 6.20 Å². The monoisotopic (exact) mass is 347 g/mol. The van der Waals surface area contributed by atoms with Crippen LogP contribution in [0.25, 0.3) is 0 Å². The van der Waals surface area contributed by atoms with Crippen molar-refractivity contribution < 1.29 is 13.6 Å². The molecule has 1 saturated heterocycles. The fourth-order valence-electron chi connectivity index (χ4n) is 2.83. The Kier molecular flexibility index (Phi) is 5.37. The van der Waals surface area contributed by atoms with Crippen LogP contribution in [0.4, 0.5) is 25.1 Å². The van der Waals surface area contributed by atoms with Gasteiger partial charge >= 0.3 is 6.03 Å². The van der Waals surface area contributed by atoms with Crippen LogP contribution in [0, 0.1) is 17.6 Å². The van der Waals surface area contributed by atoms with Crippen LogP contribution < -0.4 is 15.5 Å². The largest absolute Gasteiger partial charge is 0.355 e. The summed E-state index contributed by atoms with van der Waals surface area (Å²) in [5.74, 6) is -0.439. The van der Waals surface area contributed by atoms with E-state index in [4.69, 9.17) is 0 Å². The number of para-hydroxylation sites is 1. The van der Waals surface area contributed by atoms with Crippen LogP contribution in [0.3, 0.4) is 0 Å². The van der Waals surface area contributed by atoms with Crippen LogP contribution in [0.5, 0.6) is 0 Å². The lowest BCUT2D eigenvalue weighted by Gasteiger charge is -2.32. The van der Waals surface area contributed by atoms with E-state index in [-0.39, 0.29) is 0 Å². The number of piperidine rings is 1. The number of rotatable bonds is 4. The minimum absolute atomic E-state index is 0.309. The zero-order valence-electron chi connectivity index (χ0n) is 13.6. The predicted molar refractivity (Wildman–Crippen MR) is 90.3 cm³/mol. The van der Waals surface area contributed by atoms with E-state index < -0.39 is 23.4 Å². The van der Waals surface area contributed by atoms with Gasteiger partial charge in [0.1, 0.15) is 23.1 Å². The molecule has 0 spiro atoms. The number of anilines is 2. The maximum atomic E-state index is 13.5. The summed E-state index contributed by atoms with van der Waals surface area (Å²) >= 11 is 0. The normalized spacial score (nSPS) is 15.0. The van der Waals surface area contributed by atoms with Crippen LogP contribution in [-0.2, 0) is 0 Å². The summed E-state index contributed by atoms with van der Waals surface area (Å²) in [7, 11) is 0. The van der Waals surface area contributed by atoms with Gasteiger partial charge in [-0.3, -0.25) is 4.98 Å². The van der Waals surface area contributed by atoms with Crippen LogP contribution in [0.2, 0.25) is 0 Å². The van der Waals surface area contributed by atoms with Gasteiger partial charge in [0, 0.05) is 32.0 Å². The van der Waals surface area contributed by atoms with E-state index in [2.05, 4.69) is 25.5 Å². The maximum Gasteiger partial charge on any atom is 0.319 e. The Bertz CT molecular complexity index is 700. The third-order valence-electron chi connectivity index (χ3n) is 4.24. The number of carbonyl (C=O) groups is 1. The van der Waals surface area contributed by atoms with Gasteiger partial charge < -0.3 is 15.5 Å². The Labute approximate surface area is 144 Å². The average Bonchev–Trinajstić information content (AvgIpc) is 2.64. The number of hydrogen-bond donors (Lipinski definition) is 2.